The summed E-state index contributed by atoms with van der Waals surface area (Å²) in [7, 11) is 0. The summed E-state index contributed by atoms with van der Waals surface area (Å²) < 4.78 is 0. The first-order valence-corrected chi connectivity index (χ1v) is 8.10. The monoisotopic (exact) mass is 281 g/mol. The normalized spacial score (nSPS) is 45.2. The second-order valence-corrected chi connectivity index (χ2v) is 7.37. The van der Waals surface area contributed by atoms with Crippen LogP contribution in [0.2, 0.25) is 0 Å². The summed E-state index contributed by atoms with van der Waals surface area (Å²) in [5, 5.41) is 20.2. The summed E-state index contributed by atoms with van der Waals surface area (Å²) in [6.07, 6.45) is 5.67. The van der Waals surface area contributed by atoms with E-state index in [0.717, 1.165) is 45.2 Å². The van der Waals surface area contributed by atoms with Crippen LogP contribution in [0.15, 0.2) is 0 Å². The number of aliphatic hydroxyl groups excluding tert-OH is 1. The van der Waals surface area contributed by atoms with Crippen molar-refractivity contribution in [3.05, 3.63) is 0 Å². The number of carbonyl (C=O) groups excluding carboxylic acids is 1. The Bertz CT molecular complexity index is 399. The van der Waals surface area contributed by atoms with Crippen molar-refractivity contribution in [3.63, 3.8) is 0 Å². The first-order chi connectivity index (χ1) is 9.50. The molecule has 0 amide bonds. The third-order valence-corrected chi connectivity index (χ3v) is 5.84. The fraction of sp³-hybridized carbons (Fsp3) is 0.938. The van der Waals surface area contributed by atoms with E-state index in [4.69, 9.17) is 5.11 Å². The van der Waals surface area contributed by atoms with Gasteiger partial charge in [-0.1, -0.05) is 6.92 Å². The average Bonchev–Trinajstić information content (AvgIpc) is 2.34. The molecule has 4 atom stereocenters. The maximum absolute atomic E-state index is 12.2. The molecule has 2 saturated carbocycles. The van der Waals surface area contributed by atoms with Crippen LogP contribution in [-0.4, -0.2) is 51.7 Å². The zero-order valence-electron chi connectivity index (χ0n) is 12.5. The Morgan fingerprint density at radius 2 is 2.15 bits per heavy atom. The number of hydrogen-bond donors (Lipinski definition) is 2. The Morgan fingerprint density at radius 3 is 2.90 bits per heavy atom. The topological polar surface area (TPSA) is 60.8 Å². The lowest BCUT2D eigenvalue weighted by Gasteiger charge is -2.63. The van der Waals surface area contributed by atoms with Crippen LogP contribution < -0.4 is 0 Å². The van der Waals surface area contributed by atoms with Crippen molar-refractivity contribution in [2.75, 3.05) is 19.7 Å². The fourth-order valence-corrected chi connectivity index (χ4v) is 5.50. The highest BCUT2D eigenvalue weighted by Crippen LogP contribution is 2.56. The molecular formula is C16H27NO3. The Kier molecular flexibility index (Phi) is 3.68. The number of aliphatic hydroxyl groups is 2. The zero-order chi connectivity index (χ0) is 14.4. The summed E-state index contributed by atoms with van der Waals surface area (Å²) in [5.74, 6) is 0.946. The van der Waals surface area contributed by atoms with E-state index in [0.29, 0.717) is 18.8 Å². The molecule has 114 valence electrons. The van der Waals surface area contributed by atoms with Crippen LogP contribution in [0.4, 0.5) is 0 Å². The highest BCUT2D eigenvalue weighted by atomic mass is 16.3. The van der Waals surface area contributed by atoms with E-state index in [1.54, 1.807) is 0 Å². The van der Waals surface area contributed by atoms with Gasteiger partial charge < -0.3 is 10.2 Å². The largest absolute Gasteiger partial charge is 0.396 e. The lowest BCUT2D eigenvalue weighted by molar-refractivity contribution is -0.194. The van der Waals surface area contributed by atoms with E-state index >= 15 is 0 Å². The molecule has 1 saturated heterocycles. The maximum Gasteiger partial charge on any atom is 0.137 e. The summed E-state index contributed by atoms with van der Waals surface area (Å²) >= 11 is 0. The molecule has 3 aliphatic rings. The number of ketones is 1. The molecule has 0 aromatic carbocycles. The summed E-state index contributed by atoms with van der Waals surface area (Å²) in [4.78, 5) is 14.6. The quantitative estimate of drug-likeness (QED) is 0.819. The molecule has 0 radical (unpaired) electrons. The fourth-order valence-electron chi connectivity index (χ4n) is 5.50. The predicted molar refractivity (Wildman–Crippen MR) is 76.3 cm³/mol. The molecule has 4 heteroatoms. The molecule has 0 spiro atoms. The summed E-state index contributed by atoms with van der Waals surface area (Å²) in [5.41, 5.74) is -0.903. The van der Waals surface area contributed by atoms with Gasteiger partial charge in [0.2, 0.25) is 0 Å². The van der Waals surface area contributed by atoms with Gasteiger partial charge in [-0.25, -0.2) is 0 Å². The molecule has 2 bridgehead atoms. The second-order valence-electron chi connectivity index (χ2n) is 7.37. The molecule has 1 aliphatic heterocycles. The van der Waals surface area contributed by atoms with Crippen LogP contribution in [0.5, 0.6) is 0 Å². The van der Waals surface area contributed by atoms with Crippen molar-refractivity contribution in [2.45, 2.75) is 63.0 Å². The van der Waals surface area contributed by atoms with Gasteiger partial charge in [-0.3, -0.25) is 9.69 Å². The highest BCUT2D eigenvalue weighted by molar-refractivity contribution is 5.82. The van der Waals surface area contributed by atoms with Gasteiger partial charge in [0.15, 0.2) is 0 Å². The van der Waals surface area contributed by atoms with Gasteiger partial charge in [-0.15, -0.1) is 0 Å². The minimum atomic E-state index is -0.773. The smallest absolute Gasteiger partial charge is 0.137 e. The van der Waals surface area contributed by atoms with Gasteiger partial charge in [0.25, 0.3) is 0 Å². The van der Waals surface area contributed by atoms with Crippen LogP contribution >= 0.6 is 0 Å². The van der Waals surface area contributed by atoms with Crippen LogP contribution in [0.25, 0.3) is 0 Å². The van der Waals surface area contributed by atoms with E-state index in [2.05, 4.69) is 11.8 Å². The second kappa shape index (κ2) is 5.08. The van der Waals surface area contributed by atoms with E-state index < -0.39 is 5.60 Å². The molecule has 1 heterocycles. The Hall–Kier alpha value is -0.450. The number of piperidine rings is 1. The van der Waals surface area contributed by atoms with Crippen molar-refractivity contribution >= 4 is 5.78 Å². The molecule has 0 aromatic heterocycles. The van der Waals surface area contributed by atoms with Crippen molar-refractivity contribution in [1.29, 1.82) is 0 Å². The number of hydrogen-bond acceptors (Lipinski definition) is 4. The van der Waals surface area contributed by atoms with E-state index in [1.807, 2.05) is 0 Å². The first kappa shape index (κ1) is 14.5. The van der Waals surface area contributed by atoms with E-state index in [-0.39, 0.29) is 23.8 Å². The lowest BCUT2D eigenvalue weighted by atomic mass is 9.52. The van der Waals surface area contributed by atoms with E-state index in [9.17, 15) is 9.90 Å². The van der Waals surface area contributed by atoms with Gasteiger partial charge in [0.1, 0.15) is 5.78 Å². The lowest BCUT2D eigenvalue weighted by Crippen LogP contribution is -2.70. The van der Waals surface area contributed by atoms with Crippen molar-refractivity contribution < 1.29 is 15.0 Å². The Labute approximate surface area is 121 Å². The third kappa shape index (κ3) is 2.13. The predicted octanol–water partition coefficient (Wildman–Crippen LogP) is 1.34. The number of likely N-dealkylation sites (tertiary alicyclic amines) is 1. The zero-order valence-corrected chi connectivity index (χ0v) is 12.5. The van der Waals surface area contributed by atoms with Gasteiger partial charge in [0, 0.05) is 37.5 Å². The average molecular weight is 281 g/mol. The molecule has 2 aliphatic carbocycles. The molecular weight excluding hydrogens is 254 g/mol. The van der Waals surface area contributed by atoms with Crippen molar-refractivity contribution in [1.82, 2.24) is 4.90 Å². The minimum Gasteiger partial charge on any atom is -0.396 e. The van der Waals surface area contributed by atoms with Gasteiger partial charge >= 0.3 is 0 Å². The molecule has 3 rings (SSSR count). The Morgan fingerprint density at radius 1 is 1.35 bits per heavy atom. The van der Waals surface area contributed by atoms with Crippen LogP contribution in [-0.2, 0) is 4.79 Å². The minimum absolute atomic E-state index is 0.130. The third-order valence-electron chi connectivity index (χ3n) is 5.84. The molecule has 4 unspecified atom stereocenters. The van der Waals surface area contributed by atoms with Crippen LogP contribution in [0.3, 0.4) is 0 Å². The number of Topliss-reactive ketones (excluding diaryl/α,β-unsaturated/α-hetero) is 1. The maximum atomic E-state index is 12.2. The Balaban J connectivity index is 1.95. The molecule has 0 aromatic rings. The van der Waals surface area contributed by atoms with Crippen molar-refractivity contribution in [2.24, 2.45) is 11.8 Å². The molecule has 4 nitrogen and oxygen atoms in total. The van der Waals surface area contributed by atoms with E-state index in [1.165, 1.54) is 0 Å². The van der Waals surface area contributed by atoms with Crippen LogP contribution in [0.1, 0.15) is 51.9 Å². The van der Waals surface area contributed by atoms with Gasteiger partial charge in [0.05, 0.1) is 5.60 Å². The molecule has 2 N–H and O–H groups in total. The molecule has 20 heavy (non-hydrogen) atoms. The summed E-state index contributed by atoms with van der Waals surface area (Å²) in [6, 6.07) is 0. The number of rotatable bonds is 3. The van der Waals surface area contributed by atoms with Crippen molar-refractivity contribution in [3.8, 4) is 0 Å². The van der Waals surface area contributed by atoms with Gasteiger partial charge in [-0.05, 0) is 44.6 Å². The molecule has 3 fully saturated rings. The number of nitrogens with zero attached hydrogens (tertiary/aromatic N) is 1. The van der Waals surface area contributed by atoms with Gasteiger partial charge in [-0.2, -0.15) is 0 Å². The first-order valence-electron chi connectivity index (χ1n) is 8.10. The standard InChI is InChI=1S/C16H27NO3/c1-12-8-15-10-13(19)11-16(20,9-12)14(15)4-2-5-17(15)6-3-7-18/h12,14,18,20H,2-11H2,1H3. The summed E-state index contributed by atoms with van der Waals surface area (Å²) in [6.45, 7) is 4.26. The number of carbonyl (C=O) groups is 1. The SMILES string of the molecule is CC1CC2(O)CC(=O)CC3(C1)C2CCCN3CCCO. The van der Waals surface area contributed by atoms with Crippen LogP contribution in [0, 0.1) is 11.8 Å². The highest BCUT2D eigenvalue weighted by Gasteiger charge is 2.62.